The van der Waals surface area contributed by atoms with Crippen LogP contribution in [-0.4, -0.2) is 40.2 Å². The lowest BCUT2D eigenvalue weighted by Gasteiger charge is -2.28. The molecule has 6 heteroatoms. The second-order valence-corrected chi connectivity index (χ2v) is 7.18. The van der Waals surface area contributed by atoms with Crippen molar-refractivity contribution >= 4 is 9.84 Å². The van der Waals surface area contributed by atoms with E-state index in [1.165, 1.54) is 0 Å². The van der Waals surface area contributed by atoms with E-state index in [1.807, 2.05) is 12.1 Å². The van der Waals surface area contributed by atoms with Gasteiger partial charge in [-0.15, -0.1) is 0 Å². The molecule has 1 aliphatic heterocycles. The number of methoxy groups -OCH3 is 2. The fourth-order valence-corrected chi connectivity index (χ4v) is 3.63. The van der Waals surface area contributed by atoms with Crippen molar-refractivity contribution in [3.05, 3.63) is 23.8 Å². The summed E-state index contributed by atoms with van der Waals surface area (Å²) in [6.07, 6.45) is 0. The second kappa shape index (κ2) is 5.38. The molecule has 2 rings (SSSR count). The van der Waals surface area contributed by atoms with E-state index in [1.54, 1.807) is 27.2 Å². The van der Waals surface area contributed by atoms with Crippen LogP contribution < -0.4 is 14.8 Å². The first-order valence-electron chi connectivity index (χ1n) is 6.15. The highest BCUT2D eigenvalue weighted by Crippen LogP contribution is 2.31. The molecule has 5 nitrogen and oxygen atoms in total. The highest BCUT2D eigenvalue weighted by molar-refractivity contribution is 7.92. The van der Waals surface area contributed by atoms with Crippen LogP contribution in [0, 0.1) is 0 Å². The molecule has 0 saturated carbocycles. The fraction of sp³-hybridized carbons (Fsp3) is 0.538. The average Bonchev–Trinajstić information content (AvgIpc) is 2.41. The van der Waals surface area contributed by atoms with Crippen molar-refractivity contribution in [1.29, 1.82) is 0 Å². The van der Waals surface area contributed by atoms with Crippen molar-refractivity contribution in [1.82, 2.24) is 5.32 Å². The summed E-state index contributed by atoms with van der Waals surface area (Å²) < 4.78 is 34.3. The van der Waals surface area contributed by atoms with Gasteiger partial charge in [0.25, 0.3) is 0 Å². The summed E-state index contributed by atoms with van der Waals surface area (Å²) in [6, 6.07) is 5.29. The smallest absolute Gasteiger partial charge is 0.161 e. The Bertz CT molecular complexity index is 556. The quantitative estimate of drug-likeness (QED) is 0.902. The van der Waals surface area contributed by atoms with Gasteiger partial charge < -0.3 is 14.8 Å². The summed E-state index contributed by atoms with van der Waals surface area (Å²) in [5, 5.41) is 2.92. The predicted molar refractivity (Wildman–Crippen MR) is 73.5 cm³/mol. The van der Waals surface area contributed by atoms with Crippen LogP contribution in [0.1, 0.15) is 18.5 Å². The Morgan fingerprint density at radius 2 is 1.89 bits per heavy atom. The molecule has 1 fully saturated rings. The fourth-order valence-electron chi connectivity index (χ4n) is 2.17. The van der Waals surface area contributed by atoms with E-state index in [0.717, 1.165) is 5.56 Å². The zero-order valence-electron chi connectivity index (χ0n) is 11.3. The first-order valence-corrected chi connectivity index (χ1v) is 7.86. The number of nitrogens with one attached hydrogen (secondary N) is 1. The van der Waals surface area contributed by atoms with Gasteiger partial charge in [0.1, 0.15) is 0 Å². The minimum absolute atomic E-state index is 0.115. The first-order chi connectivity index (χ1) is 8.97. The number of hydrogen-bond acceptors (Lipinski definition) is 5. The largest absolute Gasteiger partial charge is 0.493 e. The van der Waals surface area contributed by atoms with Crippen molar-refractivity contribution in [3.8, 4) is 11.5 Å². The summed E-state index contributed by atoms with van der Waals surface area (Å²) in [5.74, 6) is 1.36. The summed E-state index contributed by atoms with van der Waals surface area (Å²) in [4.78, 5) is 0. The van der Waals surface area contributed by atoms with E-state index in [-0.39, 0.29) is 17.0 Å². The minimum atomic E-state index is -3.03. The SMILES string of the molecule is COc1ccc(C2CS(=O)(=O)C(C)CN2)cc1OC. The summed E-state index contributed by atoms with van der Waals surface area (Å²) >= 11 is 0. The molecule has 0 bridgehead atoms. The van der Waals surface area contributed by atoms with Gasteiger partial charge in [0, 0.05) is 12.6 Å². The molecule has 1 N–H and O–H groups in total. The lowest BCUT2D eigenvalue weighted by Crippen LogP contribution is -2.44. The van der Waals surface area contributed by atoms with E-state index in [9.17, 15) is 8.42 Å². The van der Waals surface area contributed by atoms with Gasteiger partial charge in [-0.25, -0.2) is 8.42 Å². The molecule has 0 amide bonds. The van der Waals surface area contributed by atoms with Crippen LogP contribution in [0.15, 0.2) is 18.2 Å². The molecule has 0 radical (unpaired) electrons. The van der Waals surface area contributed by atoms with Crippen LogP contribution in [0.3, 0.4) is 0 Å². The topological polar surface area (TPSA) is 64.6 Å². The Hall–Kier alpha value is -1.27. The number of rotatable bonds is 3. The van der Waals surface area contributed by atoms with Crippen LogP contribution in [0.2, 0.25) is 0 Å². The third-order valence-corrected chi connectivity index (χ3v) is 5.66. The number of ether oxygens (including phenoxy) is 2. The lowest BCUT2D eigenvalue weighted by atomic mass is 10.1. The molecule has 1 saturated heterocycles. The molecule has 1 aromatic rings. The van der Waals surface area contributed by atoms with Crippen molar-refractivity contribution in [2.24, 2.45) is 0 Å². The van der Waals surface area contributed by atoms with Gasteiger partial charge in [-0.2, -0.15) is 0 Å². The van der Waals surface area contributed by atoms with Gasteiger partial charge in [-0.1, -0.05) is 6.07 Å². The Balaban J connectivity index is 2.28. The van der Waals surface area contributed by atoms with Crippen molar-refractivity contribution < 1.29 is 17.9 Å². The van der Waals surface area contributed by atoms with Crippen molar-refractivity contribution in [2.75, 3.05) is 26.5 Å². The third-order valence-electron chi connectivity index (χ3n) is 3.47. The molecule has 0 aromatic heterocycles. The molecule has 106 valence electrons. The maximum atomic E-state index is 11.9. The van der Waals surface area contributed by atoms with Gasteiger partial charge in [0.2, 0.25) is 0 Å². The molecule has 1 heterocycles. The van der Waals surface area contributed by atoms with Gasteiger partial charge in [-0.3, -0.25) is 0 Å². The monoisotopic (exact) mass is 285 g/mol. The van der Waals surface area contributed by atoms with Gasteiger partial charge >= 0.3 is 0 Å². The molecule has 0 aliphatic carbocycles. The summed E-state index contributed by atoms with van der Waals surface area (Å²) in [7, 11) is 0.108. The standard InChI is InChI=1S/C13H19NO4S/c1-9-7-14-11(8-19(9,15)16)10-4-5-12(17-2)13(6-10)18-3/h4-6,9,11,14H,7-8H2,1-3H3. The van der Waals surface area contributed by atoms with Gasteiger partial charge in [0.05, 0.1) is 25.2 Å². The molecule has 0 spiro atoms. The molecule has 2 atom stereocenters. The summed E-state index contributed by atoms with van der Waals surface area (Å²) in [5.41, 5.74) is 0.896. The number of sulfone groups is 1. The lowest BCUT2D eigenvalue weighted by molar-refractivity contribution is 0.354. The predicted octanol–water partition coefficient (Wildman–Crippen LogP) is 1.15. The van der Waals surface area contributed by atoms with Crippen molar-refractivity contribution in [2.45, 2.75) is 18.2 Å². The Morgan fingerprint density at radius 1 is 1.21 bits per heavy atom. The molecule has 2 unspecified atom stereocenters. The zero-order valence-corrected chi connectivity index (χ0v) is 12.2. The van der Waals surface area contributed by atoms with E-state index in [0.29, 0.717) is 18.0 Å². The molecular weight excluding hydrogens is 266 g/mol. The van der Waals surface area contributed by atoms with Crippen LogP contribution in [0.4, 0.5) is 0 Å². The zero-order chi connectivity index (χ0) is 14.0. The van der Waals surface area contributed by atoms with E-state index in [2.05, 4.69) is 5.32 Å². The van der Waals surface area contributed by atoms with Crippen LogP contribution in [0.25, 0.3) is 0 Å². The highest BCUT2D eigenvalue weighted by atomic mass is 32.2. The van der Waals surface area contributed by atoms with Crippen LogP contribution >= 0.6 is 0 Å². The average molecular weight is 285 g/mol. The number of hydrogen-bond donors (Lipinski definition) is 1. The molecule has 19 heavy (non-hydrogen) atoms. The van der Waals surface area contributed by atoms with Crippen LogP contribution in [0.5, 0.6) is 11.5 Å². The third kappa shape index (κ3) is 2.84. The Labute approximate surface area is 113 Å². The Morgan fingerprint density at radius 3 is 2.47 bits per heavy atom. The second-order valence-electron chi connectivity index (χ2n) is 4.72. The highest BCUT2D eigenvalue weighted by Gasteiger charge is 2.31. The molecule has 1 aliphatic rings. The van der Waals surface area contributed by atoms with Crippen molar-refractivity contribution in [3.63, 3.8) is 0 Å². The molecule has 1 aromatic carbocycles. The maximum absolute atomic E-state index is 11.9. The normalized spacial score (nSPS) is 25.8. The van der Waals surface area contributed by atoms with E-state index < -0.39 is 9.84 Å². The minimum Gasteiger partial charge on any atom is -0.493 e. The van der Waals surface area contributed by atoms with Gasteiger partial charge in [-0.05, 0) is 24.6 Å². The van der Waals surface area contributed by atoms with Gasteiger partial charge in [0.15, 0.2) is 21.3 Å². The molecular formula is C13H19NO4S. The first kappa shape index (κ1) is 14.1. The van der Waals surface area contributed by atoms with E-state index >= 15 is 0 Å². The summed E-state index contributed by atoms with van der Waals surface area (Å²) in [6.45, 7) is 2.20. The number of benzene rings is 1. The maximum Gasteiger partial charge on any atom is 0.161 e. The Kier molecular flexibility index (Phi) is 4.01. The van der Waals surface area contributed by atoms with Crippen LogP contribution in [-0.2, 0) is 9.84 Å². The van der Waals surface area contributed by atoms with E-state index in [4.69, 9.17) is 9.47 Å².